The van der Waals surface area contributed by atoms with Gasteiger partial charge in [-0.3, -0.25) is 0 Å². The molecule has 1 aromatic heterocycles. The Morgan fingerprint density at radius 1 is 1.10 bits per heavy atom. The zero-order chi connectivity index (χ0) is 21.3. The molecule has 12 heteroatoms. The van der Waals surface area contributed by atoms with Gasteiger partial charge in [0.25, 0.3) is 16.4 Å². The summed E-state index contributed by atoms with van der Waals surface area (Å²) in [5.74, 6) is 0.165. The minimum Gasteiger partial charge on any atom is -0.494 e. The van der Waals surface area contributed by atoms with Crippen LogP contribution in [-0.4, -0.2) is 25.4 Å². The highest BCUT2D eigenvalue weighted by Crippen LogP contribution is 2.41. The third-order valence-corrected chi connectivity index (χ3v) is 6.04. The maximum atomic E-state index is 13.4. The van der Waals surface area contributed by atoms with Crippen LogP contribution < -0.4 is 9.57 Å². The van der Waals surface area contributed by atoms with E-state index in [0.29, 0.717) is 4.79 Å². The molecule has 0 spiro atoms. The summed E-state index contributed by atoms with van der Waals surface area (Å²) in [4.78, 5) is 2.69. The Morgan fingerprint density at radius 3 is 2.21 bits per heavy atom. The molecule has 0 unspecified atom stereocenters. The molecular formula is C17H12Cl3F2N3O3S. The van der Waals surface area contributed by atoms with Crippen LogP contribution in [0.3, 0.4) is 0 Å². The molecule has 154 valence electrons. The van der Waals surface area contributed by atoms with Crippen LogP contribution in [0.15, 0.2) is 47.4 Å². The van der Waals surface area contributed by atoms with Crippen molar-refractivity contribution >= 4 is 44.8 Å². The number of aromatic nitrogens is 2. The molecule has 0 aliphatic carbocycles. The number of rotatable bonds is 6. The Labute approximate surface area is 180 Å². The third-order valence-electron chi connectivity index (χ3n) is 3.80. The molecule has 0 aliphatic rings. The second kappa shape index (κ2) is 8.35. The van der Waals surface area contributed by atoms with Crippen LogP contribution in [0, 0.1) is 0 Å². The number of sulfonamides is 1. The van der Waals surface area contributed by atoms with E-state index < -0.39 is 27.2 Å². The fraction of sp³-hybridized carbons (Fsp3) is 0.118. The van der Waals surface area contributed by atoms with E-state index in [1.807, 2.05) is 0 Å². The smallest absolute Gasteiger partial charge is 0.283 e. The van der Waals surface area contributed by atoms with Gasteiger partial charge in [0.2, 0.25) is 0 Å². The summed E-state index contributed by atoms with van der Waals surface area (Å²) in [6, 6.07) is 10.0. The molecule has 0 aliphatic heterocycles. The van der Waals surface area contributed by atoms with E-state index in [4.69, 9.17) is 39.5 Å². The lowest BCUT2D eigenvalue weighted by atomic mass is 10.1. The molecule has 0 radical (unpaired) electrons. The molecule has 1 heterocycles. The Morgan fingerprint density at radius 2 is 1.69 bits per heavy atom. The summed E-state index contributed by atoms with van der Waals surface area (Å²) in [7, 11) is -2.80. The summed E-state index contributed by atoms with van der Waals surface area (Å²) < 4.78 is 57.0. The van der Waals surface area contributed by atoms with Gasteiger partial charge in [-0.1, -0.05) is 53.0 Å². The summed E-state index contributed by atoms with van der Waals surface area (Å²) in [5.41, 5.74) is -0.811. The summed E-state index contributed by atoms with van der Waals surface area (Å²) in [6.07, 6.45) is -3.05. The monoisotopic (exact) mass is 481 g/mol. The largest absolute Gasteiger partial charge is 0.494 e. The number of halogens is 5. The van der Waals surface area contributed by atoms with Crippen LogP contribution in [0.25, 0.3) is 11.3 Å². The predicted molar refractivity (Wildman–Crippen MR) is 107 cm³/mol. The van der Waals surface area contributed by atoms with Crippen LogP contribution in [0.2, 0.25) is 15.1 Å². The van der Waals surface area contributed by atoms with Crippen molar-refractivity contribution in [2.24, 2.45) is 0 Å². The second-order valence-corrected chi connectivity index (χ2v) is 8.49. The lowest BCUT2D eigenvalue weighted by Crippen LogP contribution is -2.25. The van der Waals surface area contributed by atoms with E-state index in [-0.39, 0.29) is 31.9 Å². The van der Waals surface area contributed by atoms with Gasteiger partial charge in [0, 0.05) is 5.56 Å². The van der Waals surface area contributed by atoms with Gasteiger partial charge in [0.05, 0.1) is 27.1 Å². The molecule has 29 heavy (non-hydrogen) atoms. The van der Waals surface area contributed by atoms with Crippen molar-refractivity contribution in [3.8, 4) is 17.0 Å². The van der Waals surface area contributed by atoms with Crippen molar-refractivity contribution in [3.63, 3.8) is 0 Å². The highest BCUT2D eigenvalue weighted by atomic mass is 35.5. The number of nitrogens with one attached hydrogen (secondary N) is 1. The maximum absolute atomic E-state index is 13.4. The van der Waals surface area contributed by atoms with Crippen molar-refractivity contribution in [1.29, 1.82) is 0 Å². The first-order chi connectivity index (χ1) is 13.7. The Kier molecular flexibility index (Phi) is 6.23. The number of alkyl halides is 2. The molecule has 0 fully saturated rings. The van der Waals surface area contributed by atoms with Crippen LogP contribution in [0.5, 0.6) is 5.75 Å². The standard InChI is InChI=1S/C17H12Cl3F2N3O3S/c1-28-16-11(18)7-9(8-12(16)19)15-13(20)14(17(21)22)23-25(15)24-29(26,27)10-5-3-2-4-6-10/h2-8,17,24H,1H3. The van der Waals surface area contributed by atoms with Gasteiger partial charge in [-0.25, -0.2) is 8.78 Å². The molecule has 1 N–H and O–H groups in total. The molecule has 0 saturated heterocycles. The highest BCUT2D eigenvalue weighted by molar-refractivity contribution is 7.92. The van der Waals surface area contributed by atoms with E-state index in [0.717, 1.165) is 0 Å². The first kappa shape index (κ1) is 21.6. The SMILES string of the molecule is COc1c(Cl)cc(-c2c(Cl)c(C(F)F)nn2NS(=O)(=O)c2ccccc2)cc1Cl. The van der Waals surface area contributed by atoms with Gasteiger partial charge in [0.15, 0.2) is 5.75 Å². The van der Waals surface area contributed by atoms with E-state index >= 15 is 0 Å². The molecule has 0 saturated carbocycles. The van der Waals surface area contributed by atoms with E-state index in [1.165, 1.54) is 43.5 Å². The van der Waals surface area contributed by atoms with Crippen molar-refractivity contribution in [1.82, 2.24) is 9.89 Å². The van der Waals surface area contributed by atoms with E-state index in [9.17, 15) is 17.2 Å². The van der Waals surface area contributed by atoms with Gasteiger partial charge in [-0.15, -0.1) is 5.10 Å². The molecule has 3 aromatic rings. The van der Waals surface area contributed by atoms with Crippen LogP contribution in [0.1, 0.15) is 12.1 Å². The first-order valence-electron chi connectivity index (χ1n) is 7.83. The minimum absolute atomic E-state index is 0.0725. The van der Waals surface area contributed by atoms with Crippen molar-refractivity contribution < 1.29 is 21.9 Å². The first-order valence-corrected chi connectivity index (χ1v) is 10.4. The summed E-state index contributed by atoms with van der Waals surface area (Å²) >= 11 is 18.3. The van der Waals surface area contributed by atoms with Gasteiger partial charge in [-0.05, 0) is 24.3 Å². The quantitative estimate of drug-likeness (QED) is 0.511. The number of nitrogens with zero attached hydrogens (tertiary/aromatic N) is 2. The van der Waals surface area contributed by atoms with Crippen molar-refractivity contribution in [2.75, 3.05) is 11.9 Å². The number of ether oxygens (including phenoxy) is 1. The average molecular weight is 483 g/mol. The highest BCUT2D eigenvalue weighted by Gasteiger charge is 2.27. The molecule has 6 nitrogen and oxygen atoms in total. The number of hydrogen-bond acceptors (Lipinski definition) is 4. The van der Waals surface area contributed by atoms with E-state index in [1.54, 1.807) is 6.07 Å². The lowest BCUT2D eigenvalue weighted by molar-refractivity contribution is 0.145. The number of benzene rings is 2. The average Bonchev–Trinajstić information content (AvgIpc) is 2.97. The Balaban J connectivity index is 2.18. The zero-order valence-electron chi connectivity index (χ0n) is 14.5. The molecule has 3 rings (SSSR count). The maximum Gasteiger partial charge on any atom is 0.283 e. The molecule has 2 aromatic carbocycles. The lowest BCUT2D eigenvalue weighted by Gasteiger charge is -2.13. The summed E-state index contributed by atoms with van der Waals surface area (Å²) in [6.45, 7) is 0. The summed E-state index contributed by atoms with van der Waals surface area (Å²) in [5, 5.41) is 3.32. The van der Waals surface area contributed by atoms with E-state index in [2.05, 4.69) is 9.93 Å². The predicted octanol–water partition coefficient (Wildman–Crippen LogP) is 5.39. The topological polar surface area (TPSA) is 73.2 Å². The molecule has 0 atom stereocenters. The number of hydrogen-bond donors (Lipinski definition) is 1. The normalized spacial score (nSPS) is 11.7. The zero-order valence-corrected chi connectivity index (χ0v) is 17.6. The van der Waals surface area contributed by atoms with Gasteiger partial charge in [-0.2, -0.15) is 18.0 Å². The van der Waals surface area contributed by atoms with Gasteiger partial charge >= 0.3 is 0 Å². The fourth-order valence-electron chi connectivity index (χ4n) is 2.53. The fourth-order valence-corrected chi connectivity index (χ4v) is 4.46. The van der Waals surface area contributed by atoms with Gasteiger partial charge in [0.1, 0.15) is 11.4 Å². The minimum atomic E-state index is -4.15. The second-order valence-electron chi connectivity index (χ2n) is 5.64. The van der Waals surface area contributed by atoms with Crippen molar-refractivity contribution in [3.05, 3.63) is 63.2 Å². The Hall–Kier alpha value is -2.07. The van der Waals surface area contributed by atoms with Gasteiger partial charge < -0.3 is 4.74 Å². The number of methoxy groups -OCH3 is 1. The van der Waals surface area contributed by atoms with Crippen molar-refractivity contribution in [2.45, 2.75) is 11.3 Å². The van der Waals surface area contributed by atoms with Crippen LogP contribution in [-0.2, 0) is 10.0 Å². The molecular weight excluding hydrogens is 471 g/mol. The Bertz CT molecular complexity index is 1130. The molecule has 0 amide bonds. The van der Waals surface area contributed by atoms with Crippen LogP contribution >= 0.6 is 34.8 Å². The van der Waals surface area contributed by atoms with Crippen LogP contribution in [0.4, 0.5) is 8.78 Å². The molecule has 0 bridgehead atoms. The third kappa shape index (κ3) is 4.28.